The molecule has 0 N–H and O–H groups in total. The Morgan fingerprint density at radius 1 is 1.38 bits per heavy atom. The van der Waals surface area contributed by atoms with E-state index < -0.39 is 4.92 Å². The molecule has 4 nitrogen and oxygen atoms in total. The van der Waals surface area contributed by atoms with Crippen LogP contribution < -0.4 is 0 Å². The van der Waals surface area contributed by atoms with E-state index >= 15 is 0 Å². The van der Waals surface area contributed by atoms with Gasteiger partial charge in [0.2, 0.25) is 0 Å². The van der Waals surface area contributed by atoms with Gasteiger partial charge < -0.3 is 0 Å². The first-order valence-corrected chi connectivity index (χ1v) is 6.77. The van der Waals surface area contributed by atoms with Crippen molar-refractivity contribution in [2.45, 2.75) is 11.8 Å². The number of halogens is 2. The predicted octanol–water partition coefficient (Wildman–Crippen LogP) is 3.46. The average molecular weight is 351 g/mol. The summed E-state index contributed by atoms with van der Waals surface area (Å²) < 4.78 is 0. The monoisotopic (exact) mass is 349 g/mol. The zero-order valence-electron chi connectivity index (χ0n) is 8.28. The van der Waals surface area contributed by atoms with Crippen LogP contribution in [0, 0.1) is 10.1 Å². The van der Waals surface area contributed by atoms with Gasteiger partial charge >= 0.3 is 0 Å². The molecule has 0 spiro atoms. The maximum Gasteiger partial charge on any atom is 0.270 e. The first kappa shape index (κ1) is 13.3. The number of hydrogen-bond donors (Lipinski definition) is 0. The minimum atomic E-state index is -0.497. The third-order valence-corrected chi connectivity index (χ3v) is 3.07. The van der Waals surface area contributed by atoms with Crippen LogP contribution in [-0.4, -0.2) is 16.0 Å². The van der Waals surface area contributed by atoms with Gasteiger partial charge in [-0.3, -0.25) is 14.9 Å². The number of carbonyl (C=O) groups excluding carboxylic acids is 1. The smallest absolute Gasteiger partial charge is 0.270 e. The SMILES string of the molecule is O=C(CCBr)c1cc([N+](=O)[O-])ccc1CBr. The van der Waals surface area contributed by atoms with E-state index in [-0.39, 0.29) is 11.5 Å². The summed E-state index contributed by atoms with van der Waals surface area (Å²) in [4.78, 5) is 21.8. The van der Waals surface area contributed by atoms with Crippen LogP contribution in [0.3, 0.4) is 0 Å². The second kappa shape index (κ2) is 6.10. The van der Waals surface area contributed by atoms with E-state index in [0.29, 0.717) is 22.6 Å². The highest BCUT2D eigenvalue weighted by atomic mass is 79.9. The number of benzene rings is 1. The lowest BCUT2D eigenvalue weighted by Gasteiger charge is -2.05. The standard InChI is InChI=1S/C10H9Br2NO3/c11-4-3-10(14)9-5-8(13(15)16)2-1-7(9)6-12/h1-2,5H,3-4,6H2. The van der Waals surface area contributed by atoms with Crippen molar-refractivity contribution in [3.05, 3.63) is 39.4 Å². The molecule has 0 fully saturated rings. The summed E-state index contributed by atoms with van der Waals surface area (Å²) in [5, 5.41) is 11.7. The van der Waals surface area contributed by atoms with Crippen LogP contribution in [0.25, 0.3) is 0 Å². The van der Waals surface area contributed by atoms with Crippen molar-refractivity contribution < 1.29 is 9.72 Å². The number of nitrogens with zero attached hydrogens (tertiary/aromatic N) is 1. The average Bonchev–Trinajstić information content (AvgIpc) is 2.28. The summed E-state index contributed by atoms with van der Waals surface area (Å²) >= 11 is 6.43. The molecular weight excluding hydrogens is 342 g/mol. The quantitative estimate of drug-likeness (QED) is 0.353. The zero-order chi connectivity index (χ0) is 12.1. The Kier molecular flexibility index (Phi) is 5.08. The molecule has 1 aromatic carbocycles. The van der Waals surface area contributed by atoms with Crippen LogP contribution in [0.5, 0.6) is 0 Å². The summed E-state index contributed by atoms with van der Waals surface area (Å²) in [6, 6.07) is 4.34. The number of carbonyl (C=O) groups is 1. The fourth-order valence-electron chi connectivity index (χ4n) is 1.27. The van der Waals surface area contributed by atoms with E-state index in [1.165, 1.54) is 12.1 Å². The van der Waals surface area contributed by atoms with E-state index in [0.717, 1.165) is 5.56 Å². The van der Waals surface area contributed by atoms with Gasteiger partial charge in [0.15, 0.2) is 5.78 Å². The summed E-state index contributed by atoms with van der Waals surface area (Å²) in [5.74, 6) is -0.0879. The molecule has 0 aliphatic heterocycles. The first-order valence-electron chi connectivity index (χ1n) is 4.52. The summed E-state index contributed by atoms with van der Waals surface area (Å²) in [5.41, 5.74) is 1.14. The molecule has 0 amide bonds. The number of Topliss-reactive ketones (excluding diaryl/α,β-unsaturated/α-hetero) is 1. The molecule has 0 unspecified atom stereocenters. The molecule has 0 atom stereocenters. The van der Waals surface area contributed by atoms with Gasteiger partial charge in [-0.25, -0.2) is 0 Å². The van der Waals surface area contributed by atoms with Gasteiger partial charge in [0.1, 0.15) is 0 Å². The van der Waals surface area contributed by atoms with E-state index in [1.54, 1.807) is 6.07 Å². The molecule has 6 heteroatoms. The molecule has 86 valence electrons. The molecule has 0 heterocycles. The molecule has 0 bridgehead atoms. The summed E-state index contributed by atoms with van der Waals surface area (Å²) in [6.07, 6.45) is 0.334. The predicted molar refractivity (Wildman–Crippen MR) is 68.5 cm³/mol. The third kappa shape index (κ3) is 3.12. The number of nitro benzene ring substituents is 1. The van der Waals surface area contributed by atoms with Gasteiger partial charge in [0.05, 0.1) is 4.92 Å². The van der Waals surface area contributed by atoms with Gasteiger partial charge in [-0.05, 0) is 5.56 Å². The molecule has 1 rings (SSSR count). The second-order valence-corrected chi connectivity index (χ2v) is 4.45. The van der Waals surface area contributed by atoms with Crippen molar-refractivity contribution in [3.63, 3.8) is 0 Å². The van der Waals surface area contributed by atoms with Crippen molar-refractivity contribution in [3.8, 4) is 0 Å². The summed E-state index contributed by atoms with van der Waals surface area (Å²) in [7, 11) is 0. The third-order valence-electron chi connectivity index (χ3n) is 2.07. The fraction of sp³-hybridized carbons (Fsp3) is 0.300. The van der Waals surface area contributed by atoms with Crippen molar-refractivity contribution in [1.82, 2.24) is 0 Å². The molecule has 16 heavy (non-hydrogen) atoms. The lowest BCUT2D eigenvalue weighted by molar-refractivity contribution is -0.384. The Labute approximate surface area is 109 Å². The van der Waals surface area contributed by atoms with Crippen LogP contribution in [0.15, 0.2) is 18.2 Å². The highest BCUT2D eigenvalue weighted by molar-refractivity contribution is 9.09. The van der Waals surface area contributed by atoms with E-state index in [4.69, 9.17) is 0 Å². The number of rotatable bonds is 5. The number of nitro groups is 1. The lowest BCUT2D eigenvalue weighted by atomic mass is 10.0. The van der Waals surface area contributed by atoms with E-state index in [9.17, 15) is 14.9 Å². The molecule has 0 aliphatic carbocycles. The van der Waals surface area contributed by atoms with Gasteiger partial charge in [-0.1, -0.05) is 37.9 Å². The van der Waals surface area contributed by atoms with Crippen LogP contribution in [0.2, 0.25) is 0 Å². The lowest BCUT2D eigenvalue weighted by Crippen LogP contribution is -2.04. The Hall–Kier alpha value is -0.750. The zero-order valence-corrected chi connectivity index (χ0v) is 11.5. The second-order valence-electron chi connectivity index (χ2n) is 3.09. The van der Waals surface area contributed by atoms with Crippen molar-refractivity contribution in [2.75, 3.05) is 5.33 Å². The van der Waals surface area contributed by atoms with Crippen molar-refractivity contribution >= 4 is 43.3 Å². The molecule has 0 saturated carbocycles. The molecular formula is C10H9Br2NO3. The Balaban J connectivity index is 3.16. The molecule has 0 aromatic heterocycles. The Bertz CT molecular complexity index is 421. The molecule has 0 aliphatic rings. The van der Waals surface area contributed by atoms with Crippen molar-refractivity contribution in [2.24, 2.45) is 0 Å². The molecule has 1 aromatic rings. The van der Waals surface area contributed by atoms with Gasteiger partial charge in [-0.2, -0.15) is 0 Å². The minimum Gasteiger partial charge on any atom is -0.294 e. The van der Waals surface area contributed by atoms with Crippen molar-refractivity contribution in [1.29, 1.82) is 0 Å². The highest BCUT2D eigenvalue weighted by Crippen LogP contribution is 2.21. The first-order chi connectivity index (χ1) is 7.60. The number of ketones is 1. The Morgan fingerprint density at radius 3 is 2.56 bits per heavy atom. The van der Waals surface area contributed by atoms with Gasteiger partial charge in [-0.15, -0.1) is 0 Å². The fourth-order valence-corrected chi connectivity index (χ4v) is 2.12. The summed E-state index contributed by atoms with van der Waals surface area (Å²) in [6.45, 7) is 0. The normalized spacial score (nSPS) is 10.1. The van der Waals surface area contributed by atoms with Crippen LogP contribution in [-0.2, 0) is 5.33 Å². The van der Waals surface area contributed by atoms with E-state index in [2.05, 4.69) is 31.9 Å². The van der Waals surface area contributed by atoms with Gasteiger partial charge in [0, 0.05) is 34.8 Å². The maximum absolute atomic E-state index is 11.7. The number of non-ortho nitro benzene ring substituents is 1. The molecule has 0 radical (unpaired) electrons. The highest BCUT2D eigenvalue weighted by Gasteiger charge is 2.15. The maximum atomic E-state index is 11.7. The number of hydrogen-bond acceptors (Lipinski definition) is 3. The van der Waals surface area contributed by atoms with E-state index in [1.807, 2.05) is 0 Å². The van der Waals surface area contributed by atoms with Gasteiger partial charge in [0.25, 0.3) is 5.69 Å². The van der Waals surface area contributed by atoms with Crippen LogP contribution in [0.1, 0.15) is 22.3 Å². The Morgan fingerprint density at radius 2 is 2.06 bits per heavy atom. The topological polar surface area (TPSA) is 60.2 Å². The minimum absolute atomic E-state index is 0.0531. The molecule has 0 saturated heterocycles. The largest absolute Gasteiger partial charge is 0.294 e. The number of alkyl halides is 2. The van der Waals surface area contributed by atoms with Crippen LogP contribution >= 0.6 is 31.9 Å². The van der Waals surface area contributed by atoms with Crippen LogP contribution in [0.4, 0.5) is 5.69 Å².